The van der Waals surface area contributed by atoms with Gasteiger partial charge in [-0.05, 0) is 218 Å². The molecule has 0 atom stereocenters. The Morgan fingerprint density at radius 2 is 0.487 bits per heavy atom. The Kier molecular flexibility index (Phi) is 24.1. The van der Waals surface area contributed by atoms with Gasteiger partial charge in [-0.2, -0.15) is 0 Å². The molecule has 564 valence electrons. The number of aromatic amines is 1. The Hall–Kier alpha value is -10.4. The Bertz CT molecular complexity index is 6810. The van der Waals surface area contributed by atoms with Gasteiger partial charge in [0.2, 0.25) is 0 Å². The number of nitrogens with one attached hydrogen (secondary N) is 1. The quantitative estimate of drug-likeness (QED) is 0.0764. The molecule has 21 aromatic rings. The summed E-state index contributed by atoms with van der Waals surface area (Å²) < 4.78 is 16.7. The normalized spacial score (nSPS) is 11.3. The lowest BCUT2D eigenvalue weighted by molar-refractivity contribution is 0.426. The fourth-order valence-corrected chi connectivity index (χ4v) is 17.5. The molecule has 7 heterocycles. The maximum absolute atomic E-state index is 9.27. The molecule has 113 heavy (non-hydrogen) atoms. The Morgan fingerprint density at radius 1 is 0.265 bits per heavy atom. The van der Waals surface area contributed by atoms with E-state index in [9.17, 15) is 10.0 Å². The zero-order chi connectivity index (χ0) is 78.4. The molecule has 0 bridgehead atoms. The molecular formula is C100H93BBrI2N7O2. The highest BCUT2D eigenvalue weighted by molar-refractivity contribution is 14.1. The minimum Gasteiger partial charge on any atom is -0.423 e. The monoisotopic (exact) mass is 1770 g/mol. The Morgan fingerprint density at radius 3 is 0.796 bits per heavy atom. The number of halogens is 3. The molecule has 13 heteroatoms. The summed E-state index contributed by atoms with van der Waals surface area (Å²) in [7, 11) is -1.42. The summed E-state index contributed by atoms with van der Waals surface area (Å²) >= 11 is 7.81. The number of nitrogens with zero attached hydrogens (tertiary/aromatic N) is 6. The number of benzene rings is 14. The van der Waals surface area contributed by atoms with Crippen LogP contribution in [0.15, 0.2) is 303 Å². The third-order valence-electron chi connectivity index (χ3n) is 21.9. The number of para-hydroxylation sites is 8. The van der Waals surface area contributed by atoms with E-state index in [1.165, 1.54) is 167 Å². The van der Waals surface area contributed by atoms with E-state index in [1.807, 2.05) is 31.2 Å². The first kappa shape index (κ1) is 77.9. The molecule has 0 aliphatic heterocycles. The van der Waals surface area contributed by atoms with Gasteiger partial charge in [0.15, 0.2) is 0 Å². The van der Waals surface area contributed by atoms with E-state index in [-0.39, 0.29) is 0 Å². The Labute approximate surface area is 696 Å². The molecule has 0 saturated carbocycles. The number of H-pyrrole nitrogens is 1. The predicted octanol–water partition coefficient (Wildman–Crippen LogP) is 27.3. The maximum atomic E-state index is 9.27. The topological polar surface area (TPSA) is 85.8 Å². The van der Waals surface area contributed by atoms with Crippen LogP contribution in [0.1, 0.15) is 55.4 Å². The summed E-state index contributed by atoms with van der Waals surface area (Å²) in [6.45, 7) is 23.2. The van der Waals surface area contributed by atoms with Crippen LogP contribution < -0.4 is 5.46 Å². The van der Waals surface area contributed by atoms with Crippen LogP contribution in [0.5, 0.6) is 0 Å². The molecule has 21 rings (SSSR count). The van der Waals surface area contributed by atoms with Crippen molar-refractivity contribution in [1.82, 2.24) is 32.4 Å². The van der Waals surface area contributed by atoms with E-state index in [2.05, 4.69) is 415 Å². The molecule has 0 unspecified atom stereocenters. The van der Waals surface area contributed by atoms with Gasteiger partial charge in [-0.3, -0.25) is 0 Å². The highest BCUT2D eigenvalue weighted by Crippen LogP contribution is 2.40. The summed E-state index contributed by atoms with van der Waals surface area (Å²) in [4.78, 5) is 3.52. The zero-order valence-corrected chi connectivity index (χ0v) is 71.2. The number of fused-ring (bicyclic) bond motifs is 21. The van der Waals surface area contributed by atoms with Crippen molar-refractivity contribution in [1.29, 1.82) is 0 Å². The number of aromatic nitrogens is 7. The van der Waals surface area contributed by atoms with Crippen LogP contribution in [-0.2, 0) is 39.3 Å². The highest BCUT2D eigenvalue weighted by Gasteiger charge is 2.19. The second kappa shape index (κ2) is 34.9. The van der Waals surface area contributed by atoms with Crippen LogP contribution >= 0.6 is 61.1 Å². The van der Waals surface area contributed by atoms with Crippen molar-refractivity contribution in [3.63, 3.8) is 0 Å². The molecule has 7 aromatic heterocycles. The number of aryl methyl sites for hydroxylation is 6. The minimum atomic E-state index is -1.42. The highest BCUT2D eigenvalue weighted by atomic mass is 127. The summed E-state index contributed by atoms with van der Waals surface area (Å²) in [5.74, 6) is 0. The van der Waals surface area contributed by atoms with Gasteiger partial charge in [0.05, 0.1) is 0 Å². The van der Waals surface area contributed by atoms with Crippen molar-refractivity contribution in [3.05, 3.63) is 307 Å². The first-order valence-corrected chi connectivity index (χ1v) is 43.3. The van der Waals surface area contributed by atoms with E-state index in [0.717, 1.165) is 60.9 Å². The minimum absolute atomic E-state index is 0.529. The van der Waals surface area contributed by atoms with Gasteiger partial charge in [0, 0.05) is 201 Å². The summed E-state index contributed by atoms with van der Waals surface area (Å²) in [5.41, 5.74) is 23.5. The number of rotatable bonds is 9. The van der Waals surface area contributed by atoms with E-state index >= 15 is 0 Å². The molecule has 9 nitrogen and oxygen atoms in total. The van der Waals surface area contributed by atoms with Crippen LogP contribution in [0.25, 0.3) is 175 Å². The van der Waals surface area contributed by atoms with Crippen LogP contribution in [0.4, 0.5) is 0 Å². The lowest BCUT2D eigenvalue weighted by Crippen LogP contribution is -2.29. The van der Waals surface area contributed by atoms with Gasteiger partial charge in [-0.25, -0.2) is 0 Å². The van der Waals surface area contributed by atoms with E-state index in [0.29, 0.717) is 5.46 Å². The van der Waals surface area contributed by atoms with Crippen LogP contribution in [-0.4, -0.2) is 59.3 Å². The second-order valence-electron chi connectivity index (χ2n) is 28.1. The molecule has 0 amide bonds. The van der Waals surface area contributed by atoms with Gasteiger partial charge in [-0.15, -0.1) is 0 Å². The van der Waals surface area contributed by atoms with Crippen molar-refractivity contribution >= 4 is 226 Å². The summed E-state index contributed by atoms with van der Waals surface area (Å²) in [5, 5.41) is 37.8. The SMILES string of the molecule is CCBr.CCI.CCn1c2ccccc2c2cc(-c3ccc4[nH]c5ccccc5c4c3)ccc21.CCn1c2ccccc2c2cc(-c3ccc4c(c3)c3ccccc3n4CC)ccc21.CCn1c2ccccc2c2cc(B(O)O)ccc21.CCn1c2ccccc2c2cc(I)ccc21.CCn1c2ccccc2c2ccccc21. The number of hydrogen-bond acceptors (Lipinski definition) is 2. The molecule has 14 aromatic carbocycles. The number of alkyl halides is 2. The summed E-state index contributed by atoms with van der Waals surface area (Å²) in [6.07, 6.45) is 0. The van der Waals surface area contributed by atoms with Gasteiger partial charge in [-0.1, -0.05) is 234 Å². The second-order valence-corrected chi connectivity index (χ2v) is 32.0. The molecule has 0 radical (unpaired) electrons. The average Bonchev–Trinajstić information content (AvgIpc) is 1.61. The molecule has 0 aliphatic carbocycles. The maximum Gasteiger partial charge on any atom is 0.488 e. The van der Waals surface area contributed by atoms with E-state index in [1.54, 1.807) is 6.07 Å². The van der Waals surface area contributed by atoms with E-state index < -0.39 is 7.12 Å². The largest absolute Gasteiger partial charge is 0.488 e. The molecule has 3 N–H and O–H groups in total. The zero-order valence-electron chi connectivity index (χ0n) is 65.3. The molecule has 0 aliphatic rings. The van der Waals surface area contributed by atoms with Gasteiger partial charge >= 0.3 is 7.12 Å². The van der Waals surface area contributed by atoms with Gasteiger partial charge < -0.3 is 42.4 Å². The predicted molar refractivity (Wildman–Crippen MR) is 511 cm³/mol. The van der Waals surface area contributed by atoms with Crippen molar-refractivity contribution in [2.75, 3.05) is 9.76 Å². The van der Waals surface area contributed by atoms with Crippen molar-refractivity contribution in [2.45, 2.75) is 94.7 Å². The number of hydrogen-bond donors (Lipinski definition) is 3. The lowest BCUT2D eigenvalue weighted by atomic mass is 9.80. The van der Waals surface area contributed by atoms with Gasteiger partial charge in [0.25, 0.3) is 0 Å². The van der Waals surface area contributed by atoms with Crippen LogP contribution in [0.3, 0.4) is 0 Å². The van der Waals surface area contributed by atoms with Crippen molar-refractivity contribution < 1.29 is 10.0 Å². The van der Waals surface area contributed by atoms with E-state index in [4.69, 9.17) is 0 Å². The van der Waals surface area contributed by atoms with Gasteiger partial charge in [0.1, 0.15) is 0 Å². The fraction of sp³-hybridized carbons (Fsp3) is 0.160. The van der Waals surface area contributed by atoms with Crippen LogP contribution in [0.2, 0.25) is 0 Å². The first-order chi connectivity index (χ1) is 55.4. The summed E-state index contributed by atoms with van der Waals surface area (Å²) in [6, 6.07) is 108. The molecule has 0 spiro atoms. The first-order valence-electron chi connectivity index (χ1n) is 39.6. The van der Waals surface area contributed by atoms with Crippen molar-refractivity contribution in [3.8, 4) is 22.3 Å². The van der Waals surface area contributed by atoms with Crippen molar-refractivity contribution in [2.24, 2.45) is 0 Å². The fourth-order valence-electron chi connectivity index (χ4n) is 17.0. The molecular weight excluding hydrogens is 1680 g/mol. The third-order valence-corrected chi connectivity index (χ3v) is 22.6. The average molecular weight is 1770 g/mol. The van der Waals surface area contributed by atoms with Crippen LogP contribution in [0, 0.1) is 3.57 Å². The smallest absolute Gasteiger partial charge is 0.423 e. The standard InChI is InChI=1S/C28H24N2.C26H20N2.C14H14BNO2.C14H12IN.C14H13N.C2H5Br.C2H5I/c1-3-29-25-11-7-5-9-21(25)23-17-19(13-15-27(23)29)20-14-16-28-24(18-20)22-10-6-8-12-26(22)30(28)4-2;1-2-28-25-10-6-4-8-20(25)22-16-18(12-14-26(22)28)17-11-13-24-21(15-17)19-7-3-5-9-23(19)27-24;1-2-16-13-6-4-3-5-11(13)12-9-10(15(17)18)7-8-14(12)16;1-2-16-13-6-4-3-5-11(13)12-9-10(15)7-8-14(12)16;1-2-15-13-9-5-3-7-11(13)12-8-4-6-10-14(12)15;2*1-2-3/h5-18H,3-4H2,1-2H3;3-16,27H,2H2,1H3;3-9,17-18H,2H2,1H3;3-9H,2H2,1H3;3-10H,2H2,1H3;2*2H2,1H3. The lowest BCUT2D eigenvalue weighted by Gasteiger charge is -2.06. The molecule has 0 saturated heterocycles. The third kappa shape index (κ3) is 15.0. The molecule has 0 fully saturated rings. The Balaban J connectivity index is 0.000000112.